The number of amides is 1. The summed E-state index contributed by atoms with van der Waals surface area (Å²) in [6.45, 7) is 2.14. The van der Waals surface area contributed by atoms with Crippen LogP contribution in [0.4, 0.5) is 5.13 Å². The molecule has 0 saturated carbocycles. The fourth-order valence-electron chi connectivity index (χ4n) is 2.97. The van der Waals surface area contributed by atoms with Gasteiger partial charge in [-0.2, -0.15) is 5.26 Å². The third-order valence-electron chi connectivity index (χ3n) is 4.52. The highest BCUT2D eigenvalue weighted by Crippen LogP contribution is 2.28. The molecule has 1 amide bonds. The molecule has 7 nitrogen and oxygen atoms in total. The number of aromatic nitrogens is 3. The quantitative estimate of drug-likeness (QED) is 0.269. The van der Waals surface area contributed by atoms with Crippen LogP contribution in [-0.2, 0) is 11.2 Å². The van der Waals surface area contributed by atoms with Gasteiger partial charge in [-0.05, 0) is 42.8 Å². The van der Waals surface area contributed by atoms with E-state index in [1.807, 2.05) is 12.1 Å². The van der Waals surface area contributed by atoms with Crippen molar-refractivity contribution in [1.29, 1.82) is 5.26 Å². The zero-order valence-corrected chi connectivity index (χ0v) is 18.8. The van der Waals surface area contributed by atoms with Crippen molar-refractivity contribution in [3.8, 4) is 17.5 Å². The maximum Gasteiger partial charge on any atom is 0.268 e. The molecule has 0 bridgehead atoms. The molecular formula is C22H22ClN5O2S. The number of aryl methyl sites for hydroxylation is 1. The lowest BCUT2D eigenvalue weighted by Crippen LogP contribution is -2.13. The predicted molar refractivity (Wildman–Crippen MR) is 123 cm³/mol. The van der Waals surface area contributed by atoms with E-state index in [-0.39, 0.29) is 5.57 Å². The summed E-state index contributed by atoms with van der Waals surface area (Å²) in [4.78, 5) is 12.6. The highest BCUT2D eigenvalue weighted by Gasteiger charge is 2.15. The molecule has 3 rings (SSSR count). The number of methoxy groups -OCH3 is 1. The van der Waals surface area contributed by atoms with E-state index in [0.29, 0.717) is 27.3 Å². The molecule has 31 heavy (non-hydrogen) atoms. The molecule has 0 aliphatic rings. The zero-order chi connectivity index (χ0) is 22.2. The highest BCUT2D eigenvalue weighted by molar-refractivity contribution is 7.15. The van der Waals surface area contributed by atoms with Crippen molar-refractivity contribution in [2.45, 2.75) is 32.6 Å². The van der Waals surface area contributed by atoms with E-state index in [9.17, 15) is 10.1 Å². The summed E-state index contributed by atoms with van der Waals surface area (Å²) in [5, 5.41) is 22.1. The minimum atomic E-state index is -0.537. The maximum absolute atomic E-state index is 12.6. The molecular weight excluding hydrogens is 434 g/mol. The summed E-state index contributed by atoms with van der Waals surface area (Å²) in [7, 11) is 1.57. The van der Waals surface area contributed by atoms with E-state index in [2.05, 4.69) is 22.4 Å². The zero-order valence-electron chi connectivity index (χ0n) is 17.3. The molecule has 0 spiro atoms. The number of hydrogen-bond acceptors (Lipinski definition) is 6. The van der Waals surface area contributed by atoms with Crippen LogP contribution in [0, 0.1) is 11.3 Å². The normalized spacial score (nSPS) is 11.2. The fourth-order valence-corrected chi connectivity index (χ4v) is 3.92. The van der Waals surface area contributed by atoms with E-state index >= 15 is 0 Å². The third-order valence-corrected chi connectivity index (χ3v) is 5.65. The minimum Gasteiger partial charge on any atom is -0.495 e. The van der Waals surface area contributed by atoms with Crippen molar-refractivity contribution in [3.63, 3.8) is 0 Å². The molecule has 1 N–H and O–H groups in total. The molecule has 0 saturated heterocycles. The van der Waals surface area contributed by atoms with Gasteiger partial charge in [0.05, 0.1) is 12.8 Å². The van der Waals surface area contributed by atoms with Gasteiger partial charge in [0.2, 0.25) is 5.13 Å². The van der Waals surface area contributed by atoms with E-state index in [0.717, 1.165) is 30.7 Å². The second-order valence-corrected chi connectivity index (χ2v) is 8.20. The average Bonchev–Trinajstić information content (AvgIpc) is 3.41. The number of unbranched alkanes of at least 4 members (excludes halogenated alkanes) is 2. The lowest BCUT2D eigenvalue weighted by Gasteiger charge is -2.12. The lowest BCUT2D eigenvalue weighted by molar-refractivity contribution is -0.112. The van der Waals surface area contributed by atoms with Crippen LogP contribution in [0.1, 0.15) is 36.9 Å². The molecule has 0 fully saturated rings. The summed E-state index contributed by atoms with van der Waals surface area (Å²) in [5.74, 6) is 0.0761. The Labute approximate surface area is 189 Å². The van der Waals surface area contributed by atoms with Gasteiger partial charge in [-0.15, -0.1) is 10.2 Å². The highest BCUT2D eigenvalue weighted by atomic mass is 35.5. The van der Waals surface area contributed by atoms with Crippen LogP contribution in [0.3, 0.4) is 0 Å². The van der Waals surface area contributed by atoms with Gasteiger partial charge < -0.3 is 9.30 Å². The van der Waals surface area contributed by atoms with Crippen molar-refractivity contribution >= 4 is 40.1 Å². The van der Waals surface area contributed by atoms with Crippen molar-refractivity contribution in [2.24, 2.45) is 0 Å². The Morgan fingerprint density at radius 1 is 1.35 bits per heavy atom. The topological polar surface area (TPSA) is 92.8 Å². The van der Waals surface area contributed by atoms with E-state index in [4.69, 9.17) is 16.3 Å². The maximum atomic E-state index is 12.6. The average molecular weight is 456 g/mol. The number of ether oxygens (including phenoxy) is 1. The summed E-state index contributed by atoms with van der Waals surface area (Å²) in [6.07, 6.45) is 7.43. The second-order valence-electron chi connectivity index (χ2n) is 6.70. The van der Waals surface area contributed by atoms with Crippen LogP contribution in [0.25, 0.3) is 11.8 Å². The second kappa shape index (κ2) is 10.8. The number of carbonyl (C=O) groups is 1. The summed E-state index contributed by atoms with van der Waals surface area (Å²) < 4.78 is 7.21. The van der Waals surface area contributed by atoms with E-state index in [1.165, 1.54) is 17.4 Å². The first-order chi connectivity index (χ1) is 15.0. The molecule has 0 radical (unpaired) electrons. The minimum absolute atomic E-state index is 0.0522. The summed E-state index contributed by atoms with van der Waals surface area (Å²) >= 11 is 7.47. The fraction of sp³-hybridized carbons (Fsp3) is 0.273. The third kappa shape index (κ3) is 5.72. The summed E-state index contributed by atoms with van der Waals surface area (Å²) in [6, 6.07) is 10.8. The van der Waals surface area contributed by atoms with Gasteiger partial charge in [0.15, 0.2) is 0 Å². The number of halogens is 1. The first kappa shape index (κ1) is 22.5. The molecule has 3 aromatic rings. The van der Waals surface area contributed by atoms with E-state index in [1.54, 1.807) is 42.1 Å². The Kier molecular flexibility index (Phi) is 7.82. The number of rotatable bonds is 9. The number of nitrogens with one attached hydrogen (secondary N) is 1. The number of nitrogens with zero attached hydrogens (tertiary/aromatic N) is 4. The Hall–Kier alpha value is -3.15. The van der Waals surface area contributed by atoms with Crippen molar-refractivity contribution < 1.29 is 9.53 Å². The molecule has 2 heterocycles. The van der Waals surface area contributed by atoms with Crippen molar-refractivity contribution in [1.82, 2.24) is 14.8 Å². The monoisotopic (exact) mass is 455 g/mol. The van der Waals surface area contributed by atoms with Gasteiger partial charge in [0, 0.05) is 23.3 Å². The van der Waals surface area contributed by atoms with Gasteiger partial charge in [-0.1, -0.05) is 42.7 Å². The Bertz CT molecular complexity index is 1130. The molecule has 0 atom stereocenters. The van der Waals surface area contributed by atoms with Crippen LogP contribution < -0.4 is 10.1 Å². The van der Waals surface area contributed by atoms with Crippen molar-refractivity contribution in [3.05, 3.63) is 57.8 Å². The molecule has 160 valence electrons. The first-order valence-electron chi connectivity index (χ1n) is 9.82. The van der Waals surface area contributed by atoms with Gasteiger partial charge in [0.1, 0.15) is 22.4 Å². The van der Waals surface area contributed by atoms with Crippen LogP contribution in [0.15, 0.2) is 42.1 Å². The van der Waals surface area contributed by atoms with Gasteiger partial charge >= 0.3 is 0 Å². The molecule has 9 heteroatoms. The smallest absolute Gasteiger partial charge is 0.268 e. The molecule has 2 aromatic heterocycles. The van der Waals surface area contributed by atoms with Gasteiger partial charge in [-0.25, -0.2) is 0 Å². The van der Waals surface area contributed by atoms with Gasteiger partial charge in [0.25, 0.3) is 5.91 Å². The first-order valence-corrected chi connectivity index (χ1v) is 11.0. The van der Waals surface area contributed by atoms with Crippen molar-refractivity contribution in [2.75, 3.05) is 12.4 Å². The number of carbonyl (C=O) groups excluding carboxylic acids is 1. The standard InChI is InChI=1S/C22H22ClN5O2S/c1-3-4-5-8-20-26-27-22(31-20)25-21(29)15(14-24)12-17-7-6-11-28(17)18-13-16(23)9-10-19(18)30-2/h6-7,9-13H,3-5,8H2,1-2H3,(H,25,27,29). The molecule has 0 unspecified atom stereocenters. The number of hydrogen-bond donors (Lipinski definition) is 1. The van der Waals surface area contributed by atoms with Crippen LogP contribution in [-0.4, -0.2) is 27.8 Å². The largest absolute Gasteiger partial charge is 0.495 e. The van der Waals surface area contributed by atoms with Gasteiger partial charge in [-0.3, -0.25) is 10.1 Å². The number of anilines is 1. The Morgan fingerprint density at radius 3 is 2.94 bits per heavy atom. The van der Waals surface area contributed by atoms with Crippen LogP contribution >= 0.6 is 22.9 Å². The Balaban J connectivity index is 1.81. The molecule has 0 aliphatic heterocycles. The molecule has 0 aliphatic carbocycles. The Morgan fingerprint density at radius 2 is 2.19 bits per heavy atom. The number of benzene rings is 1. The molecule has 1 aromatic carbocycles. The summed E-state index contributed by atoms with van der Waals surface area (Å²) in [5.41, 5.74) is 1.28. The number of nitriles is 1. The predicted octanol–water partition coefficient (Wildman–Crippen LogP) is 5.27. The SMILES string of the molecule is CCCCCc1nnc(NC(=O)C(C#N)=Cc2cccn2-c2cc(Cl)ccc2OC)s1. The lowest BCUT2D eigenvalue weighted by atomic mass is 10.2. The van der Waals surface area contributed by atoms with Crippen LogP contribution in [0.5, 0.6) is 5.75 Å². The van der Waals surface area contributed by atoms with Crippen LogP contribution in [0.2, 0.25) is 5.02 Å². The van der Waals surface area contributed by atoms with E-state index < -0.39 is 5.91 Å².